The Balaban J connectivity index is 1.65. The van der Waals surface area contributed by atoms with Crippen LogP contribution in [0.4, 0.5) is 5.82 Å². The average molecular weight is 587 g/mol. The molecule has 7 nitrogen and oxygen atoms in total. The molecule has 1 N–H and O–H groups in total. The smallest absolute Gasteiger partial charge is 0.267 e. The quantitative estimate of drug-likeness (QED) is 0.111. The number of fused-ring (bicyclic) bond motifs is 1. The fourth-order valence-corrected chi connectivity index (χ4v) is 5.99. The van der Waals surface area contributed by atoms with Gasteiger partial charge in [-0.1, -0.05) is 94.8 Å². The van der Waals surface area contributed by atoms with E-state index in [-0.39, 0.29) is 17.6 Å². The van der Waals surface area contributed by atoms with Gasteiger partial charge in [-0.3, -0.25) is 18.9 Å². The normalized spacial score (nSPS) is 14.8. The van der Waals surface area contributed by atoms with Gasteiger partial charge in [0.15, 0.2) is 0 Å². The minimum Gasteiger partial charge on any atom is -0.379 e. The van der Waals surface area contributed by atoms with Gasteiger partial charge in [-0.25, -0.2) is 4.98 Å². The van der Waals surface area contributed by atoms with Gasteiger partial charge < -0.3 is 10.1 Å². The van der Waals surface area contributed by atoms with Crippen molar-refractivity contribution in [3.8, 4) is 0 Å². The Labute approximate surface area is 249 Å². The van der Waals surface area contributed by atoms with Crippen molar-refractivity contribution in [1.29, 1.82) is 0 Å². The zero-order valence-corrected chi connectivity index (χ0v) is 26.3. The fraction of sp³-hybridized carbons (Fsp3) is 0.613. The van der Waals surface area contributed by atoms with Crippen LogP contribution in [0.25, 0.3) is 11.7 Å². The highest BCUT2D eigenvalue weighted by Gasteiger charge is 2.32. The number of hydrogen-bond acceptors (Lipinski definition) is 7. The van der Waals surface area contributed by atoms with Gasteiger partial charge in [-0.15, -0.1) is 0 Å². The third-order valence-electron chi connectivity index (χ3n) is 6.95. The fourth-order valence-electron chi connectivity index (χ4n) is 4.70. The predicted molar refractivity (Wildman–Crippen MR) is 172 cm³/mol. The van der Waals surface area contributed by atoms with Crippen LogP contribution in [-0.2, 0) is 9.53 Å². The molecule has 0 saturated carbocycles. The third-order valence-corrected chi connectivity index (χ3v) is 8.33. The minimum absolute atomic E-state index is 0.129. The predicted octanol–water partition coefficient (Wildman–Crippen LogP) is 7.35. The lowest BCUT2D eigenvalue weighted by Gasteiger charge is -2.14. The molecule has 3 heterocycles. The number of amides is 1. The number of nitrogens with one attached hydrogen (secondary N) is 1. The molecule has 2 aromatic rings. The molecule has 0 bridgehead atoms. The number of hydrogen-bond donors (Lipinski definition) is 1. The van der Waals surface area contributed by atoms with Crippen molar-refractivity contribution in [2.45, 2.75) is 104 Å². The molecule has 1 amide bonds. The highest BCUT2D eigenvalue weighted by molar-refractivity contribution is 8.26. The molecule has 0 radical (unpaired) electrons. The standard InChI is InChI=1S/C31H46N4O3S2/c1-5-6-7-8-9-10-11-12-13-14-19-34-30(37)26(40-31(34)39)21-25-28(32-18-15-20-38-23(2)3)33-27-17-16-24(4)22-35(27)29(25)36/h16-17,21-23,32H,5-15,18-20H2,1-4H3/b26-21+. The number of carbonyl (C=O) groups excluding carboxylic acids is 1. The van der Waals surface area contributed by atoms with Crippen molar-refractivity contribution in [2.75, 3.05) is 25.0 Å². The van der Waals surface area contributed by atoms with Crippen molar-refractivity contribution in [2.24, 2.45) is 0 Å². The highest BCUT2D eigenvalue weighted by atomic mass is 32.2. The van der Waals surface area contributed by atoms with Crippen LogP contribution in [0.5, 0.6) is 0 Å². The Bertz CT molecular complexity index is 1230. The van der Waals surface area contributed by atoms with Gasteiger partial charge in [0.1, 0.15) is 15.8 Å². The number of ether oxygens (including phenoxy) is 1. The Morgan fingerprint density at radius 3 is 2.38 bits per heavy atom. The summed E-state index contributed by atoms with van der Waals surface area (Å²) in [6, 6.07) is 3.76. The monoisotopic (exact) mass is 586 g/mol. The molecule has 1 aliphatic heterocycles. The topological polar surface area (TPSA) is 75.9 Å². The van der Waals surface area contributed by atoms with E-state index in [0.29, 0.717) is 46.0 Å². The second-order valence-corrected chi connectivity index (χ2v) is 12.5. The number of aromatic nitrogens is 2. The van der Waals surface area contributed by atoms with E-state index in [4.69, 9.17) is 21.9 Å². The van der Waals surface area contributed by atoms with Crippen LogP contribution >= 0.6 is 24.0 Å². The lowest BCUT2D eigenvalue weighted by Crippen LogP contribution is -2.29. The van der Waals surface area contributed by atoms with Gasteiger partial charge in [0.25, 0.3) is 11.5 Å². The number of carbonyl (C=O) groups is 1. The number of unbranched alkanes of at least 4 members (excludes halogenated alkanes) is 9. The largest absolute Gasteiger partial charge is 0.379 e. The summed E-state index contributed by atoms with van der Waals surface area (Å²) < 4.78 is 7.73. The van der Waals surface area contributed by atoms with Crippen LogP contribution in [0, 0.1) is 6.92 Å². The summed E-state index contributed by atoms with van der Waals surface area (Å²) in [5, 5.41) is 3.30. The first-order chi connectivity index (χ1) is 19.3. The zero-order valence-electron chi connectivity index (χ0n) is 24.7. The van der Waals surface area contributed by atoms with Gasteiger partial charge in [0.2, 0.25) is 0 Å². The Kier molecular flexibility index (Phi) is 13.6. The molecule has 220 valence electrons. The van der Waals surface area contributed by atoms with Gasteiger partial charge in [0, 0.05) is 25.9 Å². The van der Waals surface area contributed by atoms with Crippen LogP contribution in [-0.4, -0.2) is 50.3 Å². The van der Waals surface area contributed by atoms with Crippen molar-refractivity contribution in [3.63, 3.8) is 0 Å². The van der Waals surface area contributed by atoms with Gasteiger partial charge >= 0.3 is 0 Å². The summed E-state index contributed by atoms with van der Waals surface area (Å²) in [5.41, 5.74) is 1.67. The van der Waals surface area contributed by atoms with Crippen LogP contribution in [0.1, 0.15) is 103 Å². The van der Waals surface area contributed by atoms with Crippen molar-refractivity contribution in [3.05, 3.63) is 44.7 Å². The van der Waals surface area contributed by atoms with Gasteiger partial charge in [-0.2, -0.15) is 0 Å². The summed E-state index contributed by atoms with van der Waals surface area (Å²) in [6.07, 6.45) is 16.8. The maximum absolute atomic E-state index is 13.6. The molecular formula is C31H46N4O3S2. The summed E-state index contributed by atoms with van der Waals surface area (Å²) in [5.74, 6) is 0.342. The summed E-state index contributed by atoms with van der Waals surface area (Å²) in [4.78, 5) is 33.7. The SMILES string of the molecule is CCCCCCCCCCCCN1C(=O)/C(=C\c2c(NCCCOC(C)C)nc3ccc(C)cn3c2=O)SC1=S. The van der Waals surface area contributed by atoms with Gasteiger partial charge in [0.05, 0.1) is 16.6 Å². The molecule has 0 aromatic carbocycles. The first kappa shape index (κ1) is 32.3. The van der Waals surface area contributed by atoms with Gasteiger partial charge in [-0.05, 0) is 51.3 Å². The first-order valence-corrected chi connectivity index (χ1v) is 16.2. The van der Waals surface area contributed by atoms with Crippen molar-refractivity contribution in [1.82, 2.24) is 14.3 Å². The number of rotatable bonds is 18. The molecule has 9 heteroatoms. The van der Waals surface area contributed by atoms with E-state index in [0.717, 1.165) is 24.8 Å². The lowest BCUT2D eigenvalue weighted by atomic mass is 10.1. The van der Waals surface area contributed by atoms with Crippen molar-refractivity contribution < 1.29 is 9.53 Å². The number of nitrogens with zero attached hydrogens (tertiary/aromatic N) is 3. The second-order valence-electron chi connectivity index (χ2n) is 10.8. The molecular weight excluding hydrogens is 541 g/mol. The van der Waals surface area contributed by atoms with E-state index < -0.39 is 0 Å². The Morgan fingerprint density at radius 2 is 1.70 bits per heavy atom. The minimum atomic E-state index is -0.213. The van der Waals surface area contributed by atoms with E-state index in [2.05, 4.69) is 12.2 Å². The molecule has 0 unspecified atom stereocenters. The number of thioether (sulfide) groups is 1. The molecule has 1 fully saturated rings. The second kappa shape index (κ2) is 16.9. The maximum Gasteiger partial charge on any atom is 0.267 e. The first-order valence-electron chi connectivity index (χ1n) is 15.0. The Hall–Kier alpha value is -2.23. The number of pyridine rings is 1. The third kappa shape index (κ3) is 9.70. The molecule has 0 aliphatic carbocycles. The van der Waals surface area contributed by atoms with E-state index in [1.54, 1.807) is 21.6 Å². The van der Waals surface area contributed by atoms with Crippen LogP contribution in [0.3, 0.4) is 0 Å². The van der Waals surface area contributed by atoms with E-state index >= 15 is 0 Å². The molecule has 2 aromatic heterocycles. The molecule has 0 atom stereocenters. The van der Waals surface area contributed by atoms with Crippen LogP contribution in [0.15, 0.2) is 28.0 Å². The highest BCUT2D eigenvalue weighted by Crippen LogP contribution is 2.33. The summed E-state index contributed by atoms with van der Waals surface area (Å²) in [7, 11) is 0. The number of aryl methyl sites for hydroxylation is 1. The van der Waals surface area contributed by atoms with E-state index in [1.807, 2.05) is 32.9 Å². The summed E-state index contributed by atoms with van der Waals surface area (Å²) in [6.45, 7) is 10.0. The number of anilines is 1. The Morgan fingerprint density at radius 1 is 1.02 bits per heavy atom. The maximum atomic E-state index is 13.6. The molecule has 0 spiro atoms. The average Bonchev–Trinajstić information content (AvgIpc) is 3.19. The van der Waals surface area contributed by atoms with E-state index in [9.17, 15) is 9.59 Å². The zero-order chi connectivity index (χ0) is 28.9. The van der Waals surface area contributed by atoms with Crippen molar-refractivity contribution >= 4 is 51.7 Å². The molecule has 40 heavy (non-hydrogen) atoms. The lowest BCUT2D eigenvalue weighted by molar-refractivity contribution is -0.122. The van der Waals surface area contributed by atoms with Crippen LogP contribution in [0.2, 0.25) is 0 Å². The molecule has 1 aliphatic rings. The number of thiocarbonyl (C=S) groups is 1. The van der Waals surface area contributed by atoms with Crippen LogP contribution < -0.4 is 10.9 Å². The molecule has 1 saturated heterocycles. The summed E-state index contributed by atoms with van der Waals surface area (Å²) >= 11 is 6.82. The molecule has 3 rings (SSSR count). The van der Waals surface area contributed by atoms with E-state index in [1.165, 1.54) is 63.1 Å².